The molecule has 1 unspecified atom stereocenters. The summed E-state index contributed by atoms with van der Waals surface area (Å²) < 4.78 is 31.6. The van der Waals surface area contributed by atoms with Gasteiger partial charge in [-0.25, -0.2) is 18.7 Å². The Labute approximate surface area is 189 Å². The third kappa shape index (κ3) is 2.96. The lowest BCUT2D eigenvalue weighted by molar-refractivity contribution is 0.341. The molecular formula is C23H22F2N8. The van der Waals surface area contributed by atoms with Crippen LogP contribution < -0.4 is 4.90 Å². The number of halogens is 2. The summed E-state index contributed by atoms with van der Waals surface area (Å²) >= 11 is 0. The first kappa shape index (κ1) is 20.0. The molecule has 1 aliphatic carbocycles. The van der Waals surface area contributed by atoms with Gasteiger partial charge in [0.05, 0.1) is 17.8 Å². The number of nitrogens with zero attached hydrogens (tertiary/aromatic N) is 8. The molecule has 1 aromatic carbocycles. The molecule has 6 rings (SSSR count). The first-order valence-corrected chi connectivity index (χ1v) is 11.1. The van der Waals surface area contributed by atoms with E-state index in [1.165, 1.54) is 18.6 Å². The summed E-state index contributed by atoms with van der Waals surface area (Å²) in [6, 6.07) is 3.87. The van der Waals surface area contributed by atoms with Crippen LogP contribution >= 0.6 is 0 Å². The molecule has 0 spiro atoms. The normalized spacial score (nSPS) is 17.6. The molecule has 0 saturated heterocycles. The number of aromatic nitrogens is 7. The van der Waals surface area contributed by atoms with E-state index in [0.717, 1.165) is 48.5 Å². The summed E-state index contributed by atoms with van der Waals surface area (Å²) in [6.07, 6.45) is 9.25. The molecule has 3 aromatic heterocycles. The van der Waals surface area contributed by atoms with Crippen molar-refractivity contribution in [1.82, 2.24) is 34.3 Å². The van der Waals surface area contributed by atoms with Crippen LogP contribution in [0.25, 0.3) is 23.0 Å². The van der Waals surface area contributed by atoms with Gasteiger partial charge in [-0.2, -0.15) is 4.98 Å². The second kappa shape index (κ2) is 7.43. The van der Waals surface area contributed by atoms with Crippen LogP contribution in [0.3, 0.4) is 0 Å². The standard InChI is InChI=1S/C23H22F2N8/c1-3-18-22-30-29-13(2)32(22)19-12-27-23(28-21(19)33(18)15-5-4-6-15)31-10-9-26-20(31)16-8-7-14(24)11-17(16)25/h7-12,15,18H,3-6H2,1-2H3. The Bertz CT molecular complexity index is 1360. The highest BCUT2D eigenvalue weighted by Gasteiger charge is 2.40. The van der Waals surface area contributed by atoms with Crippen LogP contribution in [0.4, 0.5) is 14.6 Å². The van der Waals surface area contributed by atoms with Gasteiger partial charge in [0, 0.05) is 24.5 Å². The number of imidazole rings is 1. The maximum absolute atomic E-state index is 14.5. The van der Waals surface area contributed by atoms with Gasteiger partial charge in [-0.15, -0.1) is 10.2 Å². The van der Waals surface area contributed by atoms with E-state index in [-0.39, 0.29) is 11.6 Å². The van der Waals surface area contributed by atoms with Crippen LogP contribution in [0, 0.1) is 18.6 Å². The molecule has 0 amide bonds. The number of rotatable bonds is 4. The molecule has 4 aromatic rings. The Hall–Kier alpha value is -3.69. The predicted octanol–water partition coefficient (Wildman–Crippen LogP) is 4.32. The Morgan fingerprint density at radius 3 is 2.70 bits per heavy atom. The van der Waals surface area contributed by atoms with Gasteiger partial charge in [0.1, 0.15) is 29.0 Å². The Morgan fingerprint density at radius 2 is 1.97 bits per heavy atom. The van der Waals surface area contributed by atoms with Gasteiger partial charge in [-0.05, 0) is 44.7 Å². The monoisotopic (exact) mass is 448 g/mol. The average molecular weight is 448 g/mol. The topological polar surface area (TPSA) is 77.5 Å². The van der Waals surface area contributed by atoms with Crippen LogP contribution in [0.15, 0.2) is 36.8 Å². The van der Waals surface area contributed by atoms with E-state index in [2.05, 4.69) is 32.0 Å². The summed E-state index contributed by atoms with van der Waals surface area (Å²) in [5, 5.41) is 8.79. The maximum atomic E-state index is 14.5. The molecular weight excluding hydrogens is 426 g/mol. The molecule has 2 aliphatic rings. The Morgan fingerprint density at radius 1 is 1.12 bits per heavy atom. The molecule has 1 aliphatic heterocycles. The summed E-state index contributed by atoms with van der Waals surface area (Å²) in [5.41, 5.74) is 1.02. The second-order valence-electron chi connectivity index (χ2n) is 8.48. The SMILES string of the molecule is CCC1c2nnc(C)n2-c2cnc(-n3ccnc3-c3ccc(F)cc3F)nc2N1C1CCC1. The van der Waals surface area contributed by atoms with Crippen molar-refractivity contribution in [2.75, 3.05) is 4.90 Å². The van der Waals surface area contributed by atoms with E-state index in [1.54, 1.807) is 23.2 Å². The van der Waals surface area contributed by atoms with Gasteiger partial charge >= 0.3 is 0 Å². The lowest BCUT2D eigenvalue weighted by atomic mass is 9.89. The zero-order valence-corrected chi connectivity index (χ0v) is 18.3. The lowest BCUT2D eigenvalue weighted by Crippen LogP contribution is -2.46. The van der Waals surface area contributed by atoms with Gasteiger partial charge in [-0.3, -0.25) is 9.13 Å². The van der Waals surface area contributed by atoms with Crippen molar-refractivity contribution >= 4 is 5.82 Å². The highest BCUT2D eigenvalue weighted by Crippen LogP contribution is 2.44. The van der Waals surface area contributed by atoms with Crippen molar-refractivity contribution in [3.8, 4) is 23.0 Å². The van der Waals surface area contributed by atoms with E-state index in [9.17, 15) is 8.78 Å². The van der Waals surface area contributed by atoms with Crippen molar-refractivity contribution < 1.29 is 8.78 Å². The molecule has 0 bridgehead atoms. The highest BCUT2D eigenvalue weighted by molar-refractivity contribution is 5.64. The van der Waals surface area contributed by atoms with Crippen molar-refractivity contribution in [3.05, 3.63) is 60.1 Å². The Balaban J connectivity index is 1.52. The zero-order valence-electron chi connectivity index (χ0n) is 18.3. The molecule has 4 heterocycles. The number of hydrogen-bond donors (Lipinski definition) is 0. The molecule has 0 N–H and O–H groups in total. The number of fused-ring (bicyclic) bond motifs is 3. The smallest absolute Gasteiger partial charge is 0.237 e. The minimum Gasteiger partial charge on any atom is -0.341 e. The fourth-order valence-corrected chi connectivity index (χ4v) is 4.79. The minimum atomic E-state index is -0.688. The first-order chi connectivity index (χ1) is 16.1. The van der Waals surface area contributed by atoms with Gasteiger partial charge in [0.15, 0.2) is 11.6 Å². The lowest BCUT2D eigenvalue weighted by Gasteiger charge is -2.45. The fraction of sp³-hybridized carbons (Fsp3) is 0.348. The van der Waals surface area contributed by atoms with Gasteiger partial charge < -0.3 is 4.90 Å². The number of benzene rings is 1. The van der Waals surface area contributed by atoms with Crippen LogP contribution in [-0.4, -0.2) is 40.3 Å². The van der Waals surface area contributed by atoms with E-state index >= 15 is 0 Å². The minimum absolute atomic E-state index is 0.0588. The highest BCUT2D eigenvalue weighted by atomic mass is 19.1. The third-order valence-corrected chi connectivity index (χ3v) is 6.59. The molecule has 0 radical (unpaired) electrons. The molecule has 10 heteroatoms. The molecule has 168 valence electrons. The predicted molar refractivity (Wildman–Crippen MR) is 117 cm³/mol. The van der Waals surface area contributed by atoms with Crippen molar-refractivity contribution in [3.63, 3.8) is 0 Å². The quantitative estimate of drug-likeness (QED) is 0.463. The van der Waals surface area contributed by atoms with E-state index < -0.39 is 11.6 Å². The van der Waals surface area contributed by atoms with Crippen LogP contribution in [0.5, 0.6) is 0 Å². The average Bonchev–Trinajstić information content (AvgIpc) is 3.40. The van der Waals surface area contributed by atoms with Crippen molar-refractivity contribution in [2.24, 2.45) is 0 Å². The van der Waals surface area contributed by atoms with Gasteiger partial charge in [0.25, 0.3) is 0 Å². The first-order valence-electron chi connectivity index (χ1n) is 11.1. The van der Waals surface area contributed by atoms with Gasteiger partial charge in [0.2, 0.25) is 5.95 Å². The maximum Gasteiger partial charge on any atom is 0.237 e. The second-order valence-corrected chi connectivity index (χ2v) is 8.48. The zero-order chi connectivity index (χ0) is 22.7. The fourth-order valence-electron chi connectivity index (χ4n) is 4.79. The molecule has 1 atom stereocenters. The summed E-state index contributed by atoms with van der Waals surface area (Å²) in [7, 11) is 0. The van der Waals surface area contributed by atoms with E-state index in [4.69, 9.17) is 4.98 Å². The summed E-state index contributed by atoms with van der Waals surface area (Å²) in [5.74, 6) is 1.86. The Kier molecular flexibility index (Phi) is 4.49. The van der Waals surface area contributed by atoms with Crippen LogP contribution in [0.2, 0.25) is 0 Å². The van der Waals surface area contributed by atoms with Crippen LogP contribution in [0.1, 0.15) is 50.3 Å². The molecule has 33 heavy (non-hydrogen) atoms. The molecule has 8 nitrogen and oxygen atoms in total. The third-order valence-electron chi connectivity index (χ3n) is 6.59. The van der Waals surface area contributed by atoms with Crippen LogP contribution in [-0.2, 0) is 0 Å². The van der Waals surface area contributed by atoms with Gasteiger partial charge in [-0.1, -0.05) is 6.92 Å². The number of hydrogen-bond acceptors (Lipinski definition) is 6. The van der Waals surface area contributed by atoms with E-state index in [0.29, 0.717) is 17.8 Å². The number of aryl methyl sites for hydroxylation is 1. The summed E-state index contributed by atoms with van der Waals surface area (Å²) in [4.78, 5) is 16.2. The molecule has 1 fully saturated rings. The van der Waals surface area contributed by atoms with Crippen molar-refractivity contribution in [2.45, 2.75) is 51.6 Å². The van der Waals surface area contributed by atoms with E-state index in [1.807, 2.05) is 11.5 Å². The summed E-state index contributed by atoms with van der Waals surface area (Å²) in [6.45, 7) is 4.06. The van der Waals surface area contributed by atoms with Crippen molar-refractivity contribution in [1.29, 1.82) is 0 Å². The number of anilines is 1. The largest absolute Gasteiger partial charge is 0.341 e. The molecule has 1 saturated carbocycles.